The van der Waals surface area contributed by atoms with Crippen LogP contribution in [0.3, 0.4) is 0 Å². The molecule has 0 N–H and O–H groups in total. The highest BCUT2D eigenvalue weighted by atomic mass is 79.9. The summed E-state index contributed by atoms with van der Waals surface area (Å²) in [5.74, 6) is 0. The Morgan fingerprint density at radius 2 is 0.729 bits per heavy atom. The third-order valence-electron chi connectivity index (χ3n) is 8.94. The van der Waals surface area contributed by atoms with Crippen molar-refractivity contribution >= 4 is 43.8 Å². The van der Waals surface area contributed by atoms with Gasteiger partial charge in [-0.1, -0.05) is 149 Å². The molecule has 0 fully saturated rings. The molecule has 8 aromatic carbocycles. The lowest BCUT2D eigenvalue weighted by atomic mass is 9.91. The van der Waals surface area contributed by atoms with Crippen LogP contribution in [0.5, 0.6) is 0 Å². The molecule has 0 saturated carbocycles. The van der Waals surface area contributed by atoms with Gasteiger partial charge in [-0.3, -0.25) is 0 Å². The lowest BCUT2D eigenvalue weighted by molar-refractivity contribution is 1.28. The van der Waals surface area contributed by atoms with Gasteiger partial charge < -0.3 is 4.90 Å². The van der Waals surface area contributed by atoms with E-state index in [1.165, 1.54) is 55.3 Å². The van der Waals surface area contributed by atoms with E-state index in [9.17, 15) is 0 Å². The molecular formula is C46H32BrN. The average molecular weight is 679 g/mol. The van der Waals surface area contributed by atoms with Gasteiger partial charge in [-0.05, 0) is 116 Å². The maximum absolute atomic E-state index is 3.63. The van der Waals surface area contributed by atoms with Crippen molar-refractivity contribution in [3.8, 4) is 44.5 Å². The average Bonchev–Trinajstić information content (AvgIpc) is 3.16. The van der Waals surface area contributed by atoms with Crippen molar-refractivity contribution < 1.29 is 0 Å². The van der Waals surface area contributed by atoms with E-state index in [2.05, 4.69) is 215 Å². The minimum atomic E-state index is 1.06. The van der Waals surface area contributed by atoms with Crippen LogP contribution in [0.4, 0.5) is 17.1 Å². The van der Waals surface area contributed by atoms with Crippen molar-refractivity contribution in [3.63, 3.8) is 0 Å². The zero-order valence-corrected chi connectivity index (χ0v) is 27.9. The van der Waals surface area contributed by atoms with Crippen molar-refractivity contribution in [3.05, 3.63) is 199 Å². The van der Waals surface area contributed by atoms with Crippen LogP contribution in [-0.2, 0) is 0 Å². The summed E-state index contributed by atoms with van der Waals surface area (Å²) in [7, 11) is 0. The van der Waals surface area contributed by atoms with E-state index < -0.39 is 0 Å². The summed E-state index contributed by atoms with van der Waals surface area (Å²) in [6.07, 6.45) is 0. The molecule has 0 aliphatic carbocycles. The van der Waals surface area contributed by atoms with Crippen LogP contribution in [0.15, 0.2) is 199 Å². The molecule has 0 spiro atoms. The lowest BCUT2D eigenvalue weighted by Crippen LogP contribution is -2.09. The number of nitrogens with zero attached hydrogens (tertiary/aromatic N) is 1. The highest BCUT2D eigenvalue weighted by Gasteiger charge is 2.15. The highest BCUT2D eigenvalue weighted by Crippen LogP contribution is 2.40. The largest absolute Gasteiger partial charge is 0.311 e. The molecule has 0 unspecified atom stereocenters. The molecule has 0 aliphatic rings. The van der Waals surface area contributed by atoms with Crippen molar-refractivity contribution in [1.82, 2.24) is 0 Å². The Labute approximate surface area is 290 Å². The number of hydrogen-bond donors (Lipinski definition) is 0. The molecule has 228 valence electrons. The van der Waals surface area contributed by atoms with E-state index in [1.807, 2.05) is 0 Å². The fourth-order valence-electron chi connectivity index (χ4n) is 6.46. The molecule has 8 aromatic rings. The van der Waals surface area contributed by atoms with Gasteiger partial charge in [-0.2, -0.15) is 0 Å². The monoisotopic (exact) mass is 677 g/mol. The first-order chi connectivity index (χ1) is 23.7. The minimum Gasteiger partial charge on any atom is -0.311 e. The second-order valence-corrected chi connectivity index (χ2v) is 12.9. The Morgan fingerprint density at radius 1 is 0.292 bits per heavy atom. The van der Waals surface area contributed by atoms with Crippen LogP contribution in [-0.4, -0.2) is 0 Å². The Kier molecular flexibility index (Phi) is 8.16. The summed E-state index contributed by atoms with van der Waals surface area (Å²) in [4.78, 5) is 2.32. The van der Waals surface area contributed by atoms with Crippen molar-refractivity contribution in [2.24, 2.45) is 0 Å². The minimum absolute atomic E-state index is 1.06. The maximum atomic E-state index is 3.63. The molecule has 0 atom stereocenters. The van der Waals surface area contributed by atoms with Crippen LogP contribution >= 0.6 is 15.9 Å². The van der Waals surface area contributed by atoms with Crippen LogP contribution < -0.4 is 4.90 Å². The fourth-order valence-corrected chi connectivity index (χ4v) is 6.73. The summed E-state index contributed by atoms with van der Waals surface area (Å²) in [6.45, 7) is 0. The van der Waals surface area contributed by atoms with Gasteiger partial charge in [0.25, 0.3) is 0 Å². The molecule has 0 aliphatic heterocycles. The quantitative estimate of drug-likeness (QED) is 0.162. The van der Waals surface area contributed by atoms with Gasteiger partial charge >= 0.3 is 0 Å². The zero-order valence-electron chi connectivity index (χ0n) is 26.3. The second kappa shape index (κ2) is 13.2. The molecule has 48 heavy (non-hydrogen) atoms. The summed E-state index contributed by atoms with van der Waals surface area (Å²) in [5.41, 5.74) is 12.9. The SMILES string of the molecule is Brc1ccc(N(c2ccc(-c3ccc4ccccc4c3)cc2)c2ccc(-c3cc(-c4ccccc4)ccc3-c3ccccc3)cc2)cc1. The second-order valence-electron chi connectivity index (χ2n) is 12.0. The fraction of sp³-hybridized carbons (Fsp3) is 0. The molecule has 1 nitrogen and oxygen atoms in total. The van der Waals surface area contributed by atoms with Crippen LogP contribution in [0.25, 0.3) is 55.3 Å². The van der Waals surface area contributed by atoms with Gasteiger partial charge in [0.1, 0.15) is 0 Å². The maximum Gasteiger partial charge on any atom is 0.0462 e. The Morgan fingerprint density at radius 3 is 1.38 bits per heavy atom. The standard InChI is InChI=1S/C46H32BrN/c47-41-22-28-44(29-23-41)48(42-24-17-35(18-25-42)39-16-15-34-11-7-8-14-38(34)31-39)43-26-19-37(20-27-43)46-32-40(33-9-3-1-4-10-33)21-30-45(46)36-12-5-2-6-13-36/h1-32H. The number of rotatable bonds is 7. The van der Waals surface area contributed by atoms with Gasteiger partial charge in [0, 0.05) is 21.5 Å². The Bertz CT molecular complexity index is 2310. The van der Waals surface area contributed by atoms with E-state index in [-0.39, 0.29) is 0 Å². The van der Waals surface area contributed by atoms with Gasteiger partial charge in [-0.25, -0.2) is 0 Å². The van der Waals surface area contributed by atoms with E-state index in [0.717, 1.165) is 21.5 Å². The summed E-state index contributed by atoms with van der Waals surface area (Å²) in [5, 5.41) is 2.51. The number of anilines is 3. The molecule has 0 aromatic heterocycles. The Balaban J connectivity index is 1.18. The smallest absolute Gasteiger partial charge is 0.0462 e. The van der Waals surface area contributed by atoms with E-state index in [4.69, 9.17) is 0 Å². The first kappa shape index (κ1) is 29.7. The topological polar surface area (TPSA) is 3.24 Å². The van der Waals surface area contributed by atoms with E-state index in [0.29, 0.717) is 0 Å². The molecule has 0 heterocycles. The first-order valence-electron chi connectivity index (χ1n) is 16.2. The number of benzene rings is 8. The molecule has 8 rings (SSSR count). The van der Waals surface area contributed by atoms with Crippen molar-refractivity contribution in [2.75, 3.05) is 4.90 Å². The molecule has 0 bridgehead atoms. The van der Waals surface area contributed by atoms with Gasteiger partial charge in [0.2, 0.25) is 0 Å². The molecular weight excluding hydrogens is 646 g/mol. The van der Waals surface area contributed by atoms with Crippen LogP contribution in [0, 0.1) is 0 Å². The van der Waals surface area contributed by atoms with Crippen LogP contribution in [0.2, 0.25) is 0 Å². The summed E-state index contributed by atoms with van der Waals surface area (Å²) >= 11 is 3.63. The third-order valence-corrected chi connectivity index (χ3v) is 9.47. The van der Waals surface area contributed by atoms with E-state index in [1.54, 1.807) is 0 Å². The number of halogens is 1. The summed E-state index contributed by atoms with van der Waals surface area (Å²) < 4.78 is 1.06. The highest BCUT2D eigenvalue weighted by molar-refractivity contribution is 9.10. The van der Waals surface area contributed by atoms with Crippen molar-refractivity contribution in [1.29, 1.82) is 0 Å². The van der Waals surface area contributed by atoms with Gasteiger partial charge in [-0.15, -0.1) is 0 Å². The van der Waals surface area contributed by atoms with Crippen molar-refractivity contribution in [2.45, 2.75) is 0 Å². The first-order valence-corrected chi connectivity index (χ1v) is 17.0. The Hall–Kier alpha value is -5.70. The normalized spacial score (nSPS) is 11.0. The molecule has 0 saturated heterocycles. The van der Waals surface area contributed by atoms with Crippen LogP contribution in [0.1, 0.15) is 0 Å². The predicted molar refractivity (Wildman–Crippen MR) is 208 cm³/mol. The number of hydrogen-bond acceptors (Lipinski definition) is 1. The molecule has 2 heteroatoms. The predicted octanol–water partition coefficient (Wildman–Crippen LogP) is 13.7. The van der Waals surface area contributed by atoms with Gasteiger partial charge in [0.15, 0.2) is 0 Å². The van der Waals surface area contributed by atoms with Gasteiger partial charge in [0.05, 0.1) is 0 Å². The third kappa shape index (κ3) is 6.07. The lowest BCUT2D eigenvalue weighted by Gasteiger charge is -2.26. The van der Waals surface area contributed by atoms with E-state index >= 15 is 0 Å². The summed E-state index contributed by atoms with van der Waals surface area (Å²) in [6, 6.07) is 69.6. The molecule has 0 amide bonds. The zero-order chi connectivity index (χ0) is 32.3. The molecule has 0 radical (unpaired) electrons. The number of fused-ring (bicyclic) bond motifs is 1.